The second-order valence-electron chi connectivity index (χ2n) is 3.93. The van der Waals surface area contributed by atoms with Gasteiger partial charge in [-0.2, -0.15) is 0 Å². The molecule has 0 bridgehead atoms. The van der Waals surface area contributed by atoms with Crippen LogP contribution in [0.5, 0.6) is 0 Å². The molecule has 0 aliphatic heterocycles. The zero-order chi connectivity index (χ0) is 15.8. The minimum atomic E-state index is -4.14. The normalized spacial score (nSPS) is 11.5. The smallest absolute Gasteiger partial charge is 0.263 e. The van der Waals surface area contributed by atoms with Crippen LogP contribution in [0, 0.1) is 11.6 Å². The fraction of sp³-hybridized carbons (Fsp3) is 0. The number of nitrogens with one attached hydrogen (secondary N) is 1. The van der Waals surface area contributed by atoms with Crippen molar-refractivity contribution in [1.82, 2.24) is 0 Å². The van der Waals surface area contributed by atoms with Gasteiger partial charge in [-0.05, 0) is 40.2 Å². The molecule has 1 N–H and O–H groups in total. The number of rotatable bonds is 3. The van der Waals surface area contributed by atoms with Crippen LogP contribution in [0.1, 0.15) is 0 Å². The highest BCUT2D eigenvalue weighted by Gasteiger charge is 2.20. The van der Waals surface area contributed by atoms with Gasteiger partial charge < -0.3 is 0 Å². The van der Waals surface area contributed by atoms with Crippen molar-refractivity contribution in [3.8, 4) is 0 Å². The van der Waals surface area contributed by atoms with Crippen LogP contribution in [0.3, 0.4) is 0 Å². The quantitative estimate of drug-likeness (QED) is 0.658. The lowest BCUT2D eigenvalue weighted by molar-refractivity contribution is 0.592. The number of benzene rings is 2. The third-order valence-corrected chi connectivity index (χ3v) is 5.39. The third kappa shape index (κ3) is 3.74. The average molecular weight is 462 g/mol. The van der Waals surface area contributed by atoms with Crippen LogP contribution in [0.15, 0.2) is 44.2 Å². The largest absolute Gasteiger partial charge is 0.276 e. The molecule has 2 rings (SSSR count). The standard InChI is InChI=1S/C12H6Br2ClF2NO2S/c13-6-1-2-12(8(15)3-6)21(19,20)18-11-5-9(16)7(14)4-10(11)17/h1-5,18H. The molecule has 0 fully saturated rings. The molecular formula is C12H6Br2ClF2NO2S. The van der Waals surface area contributed by atoms with E-state index in [1.165, 1.54) is 18.2 Å². The molecule has 9 heteroatoms. The van der Waals surface area contributed by atoms with E-state index in [0.717, 1.165) is 12.1 Å². The van der Waals surface area contributed by atoms with E-state index >= 15 is 0 Å². The summed E-state index contributed by atoms with van der Waals surface area (Å²) in [5.41, 5.74) is -0.505. The van der Waals surface area contributed by atoms with Gasteiger partial charge >= 0.3 is 0 Å². The van der Waals surface area contributed by atoms with Crippen molar-refractivity contribution in [2.75, 3.05) is 4.72 Å². The molecule has 0 heterocycles. The SMILES string of the molecule is O=S(=O)(Nc1cc(F)c(Br)cc1F)c1ccc(Br)cc1Cl. The lowest BCUT2D eigenvalue weighted by atomic mass is 10.3. The van der Waals surface area contributed by atoms with Crippen LogP contribution in [-0.2, 0) is 10.0 Å². The van der Waals surface area contributed by atoms with Crippen molar-refractivity contribution in [3.05, 3.63) is 55.9 Å². The molecule has 112 valence electrons. The zero-order valence-corrected chi connectivity index (χ0v) is 14.7. The molecule has 0 unspecified atom stereocenters. The first-order valence-corrected chi connectivity index (χ1v) is 8.78. The summed E-state index contributed by atoms with van der Waals surface area (Å²) in [6.45, 7) is 0. The number of hydrogen-bond acceptors (Lipinski definition) is 2. The fourth-order valence-electron chi connectivity index (χ4n) is 1.49. The molecular weight excluding hydrogens is 455 g/mol. The summed E-state index contributed by atoms with van der Waals surface area (Å²) in [7, 11) is -4.14. The summed E-state index contributed by atoms with van der Waals surface area (Å²) < 4.78 is 53.9. The predicted octanol–water partition coefficient (Wildman–Crippen LogP) is 4.94. The van der Waals surface area contributed by atoms with Crippen LogP contribution in [0.25, 0.3) is 0 Å². The maximum absolute atomic E-state index is 13.7. The third-order valence-electron chi connectivity index (χ3n) is 2.44. The van der Waals surface area contributed by atoms with Crippen molar-refractivity contribution in [2.45, 2.75) is 4.90 Å². The maximum Gasteiger partial charge on any atom is 0.263 e. The molecule has 0 spiro atoms. The summed E-state index contributed by atoms with van der Waals surface area (Å²) in [6, 6.07) is 5.68. The topological polar surface area (TPSA) is 46.2 Å². The Morgan fingerprint density at radius 3 is 2.33 bits per heavy atom. The van der Waals surface area contributed by atoms with Crippen molar-refractivity contribution < 1.29 is 17.2 Å². The summed E-state index contributed by atoms with van der Waals surface area (Å²) in [5, 5.41) is -0.0464. The van der Waals surface area contributed by atoms with Crippen LogP contribution < -0.4 is 4.72 Å². The molecule has 2 aromatic carbocycles. The lowest BCUT2D eigenvalue weighted by Gasteiger charge is -2.11. The predicted molar refractivity (Wildman–Crippen MR) is 84.0 cm³/mol. The number of sulfonamides is 1. The number of halogens is 5. The van der Waals surface area contributed by atoms with E-state index in [2.05, 4.69) is 31.9 Å². The summed E-state index contributed by atoms with van der Waals surface area (Å²) in [4.78, 5) is -0.241. The van der Waals surface area contributed by atoms with Crippen LogP contribution >= 0.6 is 43.5 Å². The van der Waals surface area contributed by atoms with E-state index in [4.69, 9.17) is 11.6 Å². The first-order valence-electron chi connectivity index (χ1n) is 5.33. The summed E-state index contributed by atoms with van der Waals surface area (Å²) in [6.07, 6.45) is 0. The lowest BCUT2D eigenvalue weighted by Crippen LogP contribution is -2.14. The van der Waals surface area contributed by atoms with Gasteiger partial charge in [-0.1, -0.05) is 27.5 Å². The van der Waals surface area contributed by atoms with Gasteiger partial charge in [-0.3, -0.25) is 4.72 Å². The van der Waals surface area contributed by atoms with Gasteiger partial charge in [-0.15, -0.1) is 0 Å². The number of hydrogen-bond donors (Lipinski definition) is 1. The minimum Gasteiger partial charge on any atom is -0.276 e. The molecule has 0 atom stereocenters. The van der Waals surface area contributed by atoms with Crippen molar-refractivity contribution in [2.24, 2.45) is 0 Å². The Balaban J connectivity index is 2.45. The Morgan fingerprint density at radius 1 is 1.05 bits per heavy atom. The van der Waals surface area contributed by atoms with E-state index in [0.29, 0.717) is 4.47 Å². The molecule has 3 nitrogen and oxygen atoms in total. The van der Waals surface area contributed by atoms with Crippen LogP contribution in [0.2, 0.25) is 5.02 Å². The second-order valence-corrected chi connectivity index (χ2v) is 7.75. The van der Waals surface area contributed by atoms with Gasteiger partial charge in [0.05, 0.1) is 15.2 Å². The monoisotopic (exact) mass is 459 g/mol. The molecule has 0 aromatic heterocycles. The van der Waals surface area contributed by atoms with E-state index in [1.807, 2.05) is 4.72 Å². The molecule has 0 saturated carbocycles. The van der Waals surface area contributed by atoms with Crippen molar-refractivity contribution >= 4 is 59.2 Å². The van der Waals surface area contributed by atoms with Gasteiger partial charge in [0, 0.05) is 10.5 Å². The molecule has 21 heavy (non-hydrogen) atoms. The minimum absolute atomic E-state index is 0.0464. The van der Waals surface area contributed by atoms with E-state index in [9.17, 15) is 17.2 Å². The Morgan fingerprint density at radius 2 is 1.71 bits per heavy atom. The van der Waals surface area contributed by atoms with Crippen LogP contribution in [-0.4, -0.2) is 8.42 Å². The Kier molecular flexibility index (Phi) is 4.92. The molecule has 0 saturated heterocycles. The van der Waals surface area contributed by atoms with E-state index in [-0.39, 0.29) is 14.4 Å². The van der Waals surface area contributed by atoms with E-state index in [1.54, 1.807) is 0 Å². The Bertz CT molecular complexity index is 815. The highest BCUT2D eigenvalue weighted by Crippen LogP contribution is 2.29. The fourth-order valence-corrected chi connectivity index (χ4v) is 3.91. The second kappa shape index (κ2) is 6.20. The molecule has 0 aliphatic carbocycles. The molecule has 0 radical (unpaired) electrons. The number of anilines is 1. The zero-order valence-electron chi connectivity index (χ0n) is 10.0. The van der Waals surface area contributed by atoms with Gasteiger partial charge in [0.15, 0.2) is 0 Å². The first kappa shape index (κ1) is 16.7. The first-order chi connectivity index (χ1) is 9.70. The molecule has 2 aromatic rings. The van der Waals surface area contributed by atoms with Gasteiger partial charge in [0.1, 0.15) is 16.5 Å². The highest BCUT2D eigenvalue weighted by molar-refractivity contribution is 9.10. The molecule has 0 amide bonds. The van der Waals surface area contributed by atoms with Crippen molar-refractivity contribution in [3.63, 3.8) is 0 Å². The Hall–Kier alpha value is -0.700. The molecule has 0 aliphatic rings. The summed E-state index contributed by atoms with van der Waals surface area (Å²) >= 11 is 11.8. The van der Waals surface area contributed by atoms with Gasteiger partial charge in [0.2, 0.25) is 0 Å². The van der Waals surface area contributed by atoms with Crippen molar-refractivity contribution in [1.29, 1.82) is 0 Å². The Labute approximate surface area is 141 Å². The average Bonchev–Trinajstić information content (AvgIpc) is 2.35. The summed E-state index contributed by atoms with van der Waals surface area (Å²) in [5.74, 6) is -1.71. The van der Waals surface area contributed by atoms with Gasteiger partial charge in [-0.25, -0.2) is 17.2 Å². The van der Waals surface area contributed by atoms with Crippen LogP contribution in [0.4, 0.5) is 14.5 Å². The maximum atomic E-state index is 13.7. The van der Waals surface area contributed by atoms with Gasteiger partial charge in [0.25, 0.3) is 10.0 Å². The van der Waals surface area contributed by atoms with E-state index < -0.39 is 27.3 Å². The highest BCUT2D eigenvalue weighted by atomic mass is 79.9.